The molecular weight excluding hydrogens is 628 g/mol. The number of guanidine groups is 1. The van der Waals surface area contributed by atoms with E-state index in [0.29, 0.717) is 5.56 Å². The topological polar surface area (TPSA) is 251 Å². The second-order valence-corrected chi connectivity index (χ2v) is 11.7. The van der Waals surface area contributed by atoms with Crippen LogP contribution in [0.2, 0.25) is 0 Å². The van der Waals surface area contributed by atoms with Gasteiger partial charge in [-0.1, -0.05) is 60.7 Å². The van der Waals surface area contributed by atoms with Gasteiger partial charge in [0.25, 0.3) is 0 Å². The first kappa shape index (κ1) is 36.0. The number of aromatic amines is 1. The molecule has 4 aromatic rings. The Bertz CT molecular complexity index is 1750. The number of fused-ring (bicyclic) bond motifs is 1. The Morgan fingerprint density at radius 3 is 2.00 bits per heavy atom. The number of aromatic hydroxyl groups is 1. The fourth-order valence-corrected chi connectivity index (χ4v) is 5.35. The summed E-state index contributed by atoms with van der Waals surface area (Å²) in [6, 6.07) is 18.1. The standard InChI is InChI=1S/C35H42N8O6/c36-26(17-22-12-14-24(44)15-13-22)31(45)42-29(18-21-7-2-1-3-8-21)32(46)43-30(19-23-20-40-27-10-5-4-9-25(23)27)33(47)41-28(34(48)49)11-6-16-39-35(37)38/h1-5,7-10,12-15,20,26,28-30,40,44H,6,11,16-19,36H2,(H,41,47)(H,42,45)(H,43,46)(H,48,49)(H4,37,38,39). The Balaban J connectivity index is 1.56. The van der Waals surface area contributed by atoms with Crippen molar-refractivity contribution in [3.8, 4) is 5.75 Å². The zero-order chi connectivity index (χ0) is 35.3. The molecule has 3 aromatic carbocycles. The minimum atomic E-state index is -1.28. The number of amides is 3. The average Bonchev–Trinajstić information content (AvgIpc) is 3.49. The maximum Gasteiger partial charge on any atom is 0.326 e. The van der Waals surface area contributed by atoms with Crippen LogP contribution in [0.15, 0.2) is 90.1 Å². The lowest BCUT2D eigenvalue weighted by Crippen LogP contribution is -2.58. The summed E-state index contributed by atoms with van der Waals surface area (Å²) < 4.78 is 0. The number of benzene rings is 3. The van der Waals surface area contributed by atoms with Crippen LogP contribution in [0.5, 0.6) is 5.75 Å². The summed E-state index contributed by atoms with van der Waals surface area (Å²) in [5.74, 6) is -3.28. The highest BCUT2D eigenvalue weighted by Gasteiger charge is 2.31. The van der Waals surface area contributed by atoms with Gasteiger partial charge in [-0.15, -0.1) is 0 Å². The molecule has 0 saturated heterocycles. The van der Waals surface area contributed by atoms with Gasteiger partial charge in [-0.25, -0.2) is 4.79 Å². The highest BCUT2D eigenvalue weighted by atomic mass is 16.4. The molecule has 49 heavy (non-hydrogen) atoms. The lowest BCUT2D eigenvalue weighted by Gasteiger charge is -2.25. The number of aliphatic imine (C=N–C) groups is 1. The Labute approximate surface area is 283 Å². The van der Waals surface area contributed by atoms with E-state index in [-0.39, 0.29) is 50.4 Å². The van der Waals surface area contributed by atoms with Crippen LogP contribution < -0.4 is 33.2 Å². The van der Waals surface area contributed by atoms with Crippen LogP contribution in [0.1, 0.15) is 29.5 Å². The zero-order valence-electron chi connectivity index (χ0n) is 26.8. The minimum absolute atomic E-state index is 0.0221. The SMILES string of the molecule is NC(N)=NCCCC(NC(=O)C(Cc1c[nH]c2ccccc12)NC(=O)C(Cc1ccccc1)NC(=O)C(N)Cc1ccc(O)cc1)C(=O)O. The predicted octanol–water partition coefficient (Wildman–Crippen LogP) is 0.821. The fraction of sp³-hybridized carbons (Fsp3) is 0.286. The first-order chi connectivity index (χ1) is 23.5. The lowest BCUT2D eigenvalue weighted by molar-refractivity contribution is -0.142. The number of para-hydroxylation sites is 1. The van der Waals surface area contributed by atoms with E-state index in [1.54, 1.807) is 42.6 Å². The van der Waals surface area contributed by atoms with Crippen molar-refractivity contribution in [1.82, 2.24) is 20.9 Å². The predicted molar refractivity (Wildman–Crippen MR) is 185 cm³/mol. The maximum atomic E-state index is 14.0. The van der Waals surface area contributed by atoms with Gasteiger partial charge in [0.05, 0.1) is 6.04 Å². The second-order valence-electron chi connectivity index (χ2n) is 11.7. The molecule has 0 fully saturated rings. The van der Waals surface area contributed by atoms with E-state index in [1.807, 2.05) is 30.3 Å². The first-order valence-corrected chi connectivity index (χ1v) is 15.8. The lowest BCUT2D eigenvalue weighted by atomic mass is 10.0. The number of carboxylic acids is 1. The molecule has 4 rings (SSSR count). The smallest absolute Gasteiger partial charge is 0.326 e. The van der Waals surface area contributed by atoms with E-state index in [4.69, 9.17) is 17.2 Å². The number of nitrogens with one attached hydrogen (secondary N) is 4. The number of hydrogen-bond donors (Lipinski definition) is 9. The van der Waals surface area contributed by atoms with Gasteiger partial charge < -0.3 is 48.3 Å². The van der Waals surface area contributed by atoms with Gasteiger partial charge in [0.2, 0.25) is 17.7 Å². The molecule has 12 N–H and O–H groups in total. The van der Waals surface area contributed by atoms with Gasteiger partial charge >= 0.3 is 5.97 Å². The number of aliphatic carboxylic acids is 1. The van der Waals surface area contributed by atoms with Crippen molar-refractivity contribution in [3.05, 3.63) is 102 Å². The van der Waals surface area contributed by atoms with E-state index in [1.165, 1.54) is 12.1 Å². The van der Waals surface area contributed by atoms with Crippen LogP contribution >= 0.6 is 0 Å². The van der Waals surface area contributed by atoms with Crippen molar-refractivity contribution >= 4 is 40.6 Å². The van der Waals surface area contributed by atoms with Crippen LogP contribution in [0, 0.1) is 0 Å². The molecule has 0 bridgehead atoms. The number of nitrogens with two attached hydrogens (primary N) is 3. The molecule has 1 aromatic heterocycles. The second kappa shape index (κ2) is 17.3. The van der Waals surface area contributed by atoms with Crippen molar-refractivity contribution in [2.24, 2.45) is 22.2 Å². The summed E-state index contributed by atoms with van der Waals surface area (Å²) in [5.41, 5.74) is 19.9. The zero-order valence-corrected chi connectivity index (χ0v) is 26.8. The van der Waals surface area contributed by atoms with E-state index >= 15 is 0 Å². The number of phenolic OH excluding ortho intramolecular Hbond substituents is 1. The molecule has 4 atom stereocenters. The van der Waals surface area contributed by atoms with Gasteiger partial charge in [0.1, 0.15) is 23.9 Å². The molecule has 0 spiro atoms. The van der Waals surface area contributed by atoms with Gasteiger partial charge in [-0.05, 0) is 54.2 Å². The van der Waals surface area contributed by atoms with Crippen LogP contribution in [0.4, 0.5) is 0 Å². The van der Waals surface area contributed by atoms with Crippen LogP contribution in [-0.2, 0) is 38.4 Å². The Hall–Kier alpha value is -5.89. The van der Waals surface area contributed by atoms with Gasteiger partial charge in [-0.2, -0.15) is 0 Å². The van der Waals surface area contributed by atoms with Crippen LogP contribution in [0.3, 0.4) is 0 Å². The molecule has 0 saturated carbocycles. The Morgan fingerprint density at radius 1 is 0.735 bits per heavy atom. The third-order valence-corrected chi connectivity index (χ3v) is 7.94. The molecule has 14 heteroatoms. The molecule has 4 unspecified atom stereocenters. The normalized spacial score (nSPS) is 13.4. The number of phenols is 1. The van der Waals surface area contributed by atoms with E-state index in [9.17, 15) is 29.4 Å². The minimum Gasteiger partial charge on any atom is -0.508 e. The molecule has 258 valence electrons. The van der Waals surface area contributed by atoms with Gasteiger partial charge in [-0.3, -0.25) is 19.4 Å². The van der Waals surface area contributed by atoms with Crippen LogP contribution in [-0.4, -0.2) is 75.6 Å². The Morgan fingerprint density at radius 2 is 1.33 bits per heavy atom. The molecule has 0 aliphatic carbocycles. The fourth-order valence-electron chi connectivity index (χ4n) is 5.35. The summed E-state index contributed by atoms with van der Waals surface area (Å²) >= 11 is 0. The quantitative estimate of drug-likeness (QED) is 0.0437. The molecule has 1 heterocycles. The van der Waals surface area contributed by atoms with Crippen LogP contribution in [0.25, 0.3) is 10.9 Å². The third-order valence-electron chi connectivity index (χ3n) is 7.94. The number of nitrogens with zero attached hydrogens (tertiary/aromatic N) is 1. The number of rotatable bonds is 17. The summed E-state index contributed by atoms with van der Waals surface area (Å²) in [5, 5.41) is 28.3. The summed E-state index contributed by atoms with van der Waals surface area (Å²) in [6.07, 6.45) is 2.31. The number of carbonyl (C=O) groups excluding carboxylic acids is 3. The van der Waals surface area contributed by atoms with Crippen molar-refractivity contribution in [2.75, 3.05) is 6.54 Å². The largest absolute Gasteiger partial charge is 0.508 e. The number of hydrogen-bond acceptors (Lipinski definition) is 7. The van der Waals surface area contributed by atoms with Gasteiger partial charge in [0, 0.05) is 36.5 Å². The summed E-state index contributed by atoms with van der Waals surface area (Å²) in [7, 11) is 0. The molecule has 0 aliphatic rings. The highest BCUT2D eigenvalue weighted by molar-refractivity contribution is 5.95. The number of H-pyrrole nitrogens is 1. The van der Waals surface area contributed by atoms with Crippen molar-refractivity contribution in [2.45, 2.75) is 56.3 Å². The third kappa shape index (κ3) is 10.8. The van der Waals surface area contributed by atoms with Crippen molar-refractivity contribution in [3.63, 3.8) is 0 Å². The summed E-state index contributed by atoms with van der Waals surface area (Å²) in [4.78, 5) is 60.1. The van der Waals surface area contributed by atoms with Crippen molar-refractivity contribution < 1.29 is 29.4 Å². The molecule has 14 nitrogen and oxygen atoms in total. The average molecular weight is 671 g/mol. The van der Waals surface area contributed by atoms with Gasteiger partial charge in [0.15, 0.2) is 5.96 Å². The number of aromatic nitrogens is 1. The number of carboxylic acid groups (broad SMARTS) is 1. The maximum absolute atomic E-state index is 14.0. The Kier molecular flexibility index (Phi) is 12.7. The van der Waals surface area contributed by atoms with E-state index in [2.05, 4.69) is 25.9 Å². The first-order valence-electron chi connectivity index (χ1n) is 15.8. The monoisotopic (exact) mass is 670 g/mol. The highest BCUT2D eigenvalue weighted by Crippen LogP contribution is 2.20. The molecular formula is C35H42N8O6. The molecule has 0 aliphatic heterocycles. The molecule has 3 amide bonds. The molecule has 0 radical (unpaired) electrons. The summed E-state index contributed by atoms with van der Waals surface area (Å²) in [6.45, 7) is 0.174. The van der Waals surface area contributed by atoms with E-state index in [0.717, 1.165) is 22.0 Å². The number of carbonyl (C=O) groups is 4. The van der Waals surface area contributed by atoms with Crippen molar-refractivity contribution in [1.29, 1.82) is 0 Å². The van der Waals surface area contributed by atoms with E-state index < -0.39 is 47.9 Å².